The lowest BCUT2D eigenvalue weighted by Gasteiger charge is -2.29. The Balaban J connectivity index is 0.00000280. The molecule has 3 rings (SSSR count). The normalized spacial score (nSPS) is 21.6. The zero-order chi connectivity index (χ0) is 19.3. The molecule has 0 amide bonds. The van der Waals surface area contributed by atoms with E-state index in [0.29, 0.717) is 0 Å². The summed E-state index contributed by atoms with van der Waals surface area (Å²) in [6.07, 6.45) is 2.20. The Kier molecular flexibility index (Phi) is 9.43. The predicted octanol–water partition coefficient (Wildman–Crippen LogP) is 2.83. The fraction of sp³-hybridized carbons (Fsp3) is 0.800. The van der Waals surface area contributed by atoms with Gasteiger partial charge < -0.3 is 15.0 Å². The molecule has 1 aromatic heterocycles. The molecule has 0 bridgehead atoms. The maximum absolute atomic E-state index is 5.46. The smallest absolute Gasteiger partial charge is 0.193 e. The lowest BCUT2D eigenvalue weighted by Crippen LogP contribution is -2.42. The number of aromatic nitrogens is 1. The number of thiazole rings is 1. The maximum Gasteiger partial charge on any atom is 0.193 e. The predicted molar refractivity (Wildman–Crippen MR) is 128 cm³/mol. The van der Waals surface area contributed by atoms with Crippen molar-refractivity contribution in [3.8, 4) is 0 Å². The number of aliphatic imine (C=N–C) groups is 1. The molecular weight excluding hydrogens is 485 g/mol. The Morgan fingerprint density at radius 3 is 2.71 bits per heavy atom. The fourth-order valence-corrected chi connectivity index (χ4v) is 4.73. The zero-order valence-electron chi connectivity index (χ0n) is 17.7. The number of likely N-dealkylation sites (tertiary alicyclic amines) is 1. The monoisotopic (exact) mass is 521 g/mol. The SMILES string of the molecule is CN=C(NCCc1nc(C(C)(C)C)cs1)N1CCC(CN2CCOCC2)C1.I. The van der Waals surface area contributed by atoms with Crippen LogP contribution < -0.4 is 5.32 Å². The van der Waals surface area contributed by atoms with Gasteiger partial charge in [-0.25, -0.2) is 4.98 Å². The van der Waals surface area contributed by atoms with E-state index >= 15 is 0 Å². The third-order valence-corrected chi connectivity index (χ3v) is 6.27. The highest BCUT2D eigenvalue weighted by Crippen LogP contribution is 2.24. The van der Waals surface area contributed by atoms with Crippen molar-refractivity contribution < 1.29 is 4.74 Å². The summed E-state index contributed by atoms with van der Waals surface area (Å²) in [4.78, 5) is 14.3. The van der Waals surface area contributed by atoms with E-state index in [0.717, 1.165) is 64.2 Å². The molecule has 1 atom stereocenters. The van der Waals surface area contributed by atoms with Crippen molar-refractivity contribution in [2.75, 3.05) is 59.5 Å². The average Bonchev–Trinajstić information content (AvgIpc) is 3.29. The Labute approximate surface area is 191 Å². The number of hydrogen-bond donors (Lipinski definition) is 1. The molecule has 0 spiro atoms. The first kappa shape index (κ1) is 23.8. The summed E-state index contributed by atoms with van der Waals surface area (Å²) in [5, 5.41) is 6.94. The van der Waals surface area contributed by atoms with Crippen molar-refractivity contribution in [1.82, 2.24) is 20.1 Å². The van der Waals surface area contributed by atoms with Gasteiger partial charge in [0.15, 0.2) is 5.96 Å². The highest BCUT2D eigenvalue weighted by Gasteiger charge is 2.27. The second-order valence-corrected chi connectivity index (χ2v) is 9.56. The van der Waals surface area contributed by atoms with E-state index < -0.39 is 0 Å². The molecule has 0 aliphatic carbocycles. The van der Waals surface area contributed by atoms with Crippen LogP contribution >= 0.6 is 35.3 Å². The lowest BCUT2D eigenvalue weighted by molar-refractivity contribution is 0.0315. The van der Waals surface area contributed by atoms with Crippen molar-refractivity contribution in [1.29, 1.82) is 0 Å². The molecule has 0 aromatic carbocycles. The van der Waals surface area contributed by atoms with Gasteiger partial charge in [0.1, 0.15) is 0 Å². The number of nitrogens with zero attached hydrogens (tertiary/aromatic N) is 4. The topological polar surface area (TPSA) is 53.0 Å². The molecule has 160 valence electrons. The standard InChI is InChI=1S/C20H35N5OS.HI/c1-20(2,3)17-15-27-18(23-17)5-7-22-19(21-4)25-8-6-16(14-25)13-24-9-11-26-12-10-24;/h15-16H,5-14H2,1-4H3,(H,21,22);1H. The first-order valence-corrected chi connectivity index (χ1v) is 11.0. The van der Waals surface area contributed by atoms with Crippen LogP contribution in [0, 0.1) is 5.92 Å². The molecule has 0 radical (unpaired) electrons. The first-order valence-electron chi connectivity index (χ1n) is 10.2. The number of ether oxygens (including phenoxy) is 1. The summed E-state index contributed by atoms with van der Waals surface area (Å²) in [5.74, 6) is 1.77. The molecule has 2 saturated heterocycles. The van der Waals surface area contributed by atoms with Crippen LogP contribution in [0.4, 0.5) is 0 Å². The van der Waals surface area contributed by atoms with Crippen molar-refractivity contribution >= 4 is 41.3 Å². The lowest BCUT2D eigenvalue weighted by atomic mass is 9.93. The minimum Gasteiger partial charge on any atom is -0.379 e. The van der Waals surface area contributed by atoms with E-state index in [1.165, 1.54) is 23.7 Å². The largest absolute Gasteiger partial charge is 0.379 e. The van der Waals surface area contributed by atoms with Gasteiger partial charge in [-0.3, -0.25) is 9.89 Å². The molecule has 2 fully saturated rings. The molecule has 2 aliphatic rings. The molecule has 0 saturated carbocycles. The molecule has 3 heterocycles. The van der Waals surface area contributed by atoms with E-state index in [9.17, 15) is 0 Å². The Morgan fingerprint density at radius 2 is 2.07 bits per heavy atom. The molecule has 1 aromatic rings. The van der Waals surface area contributed by atoms with Gasteiger partial charge in [0, 0.05) is 63.5 Å². The molecule has 28 heavy (non-hydrogen) atoms. The number of morpholine rings is 1. The third-order valence-electron chi connectivity index (χ3n) is 5.36. The number of nitrogens with one attached hydrogen (secondary N) is 1. The summed E-state index contributed by atoms with van der Waals surface area (Å²) in [7, 11) is 1.89. The van der Waals surface area contributed by atoms with Gasteiger partial charge in [0.2, 0.25) is 0 Å². The van der Waals surface area contributed by atoms with Crippen LogP contribution in [0.15, 0.2) is 10.4 Å². The summed E-state index contributed by atoms with van der Waals surface area (Å²) >= 11 is 1.77. The minimum atomic E-state index is 0. The molecular formula is C20H36IN5OS. The van der Waals surface area contributed by atoms with Crippen LogP contribution in [0.5, 0.6) is 0 Å². The highest BCUT2D eigenvalue weighted by molar-refractivity contribution is 14.0. The van der Waals surface area contributed by atoms with Gasteiger partial charge in [-0.1, -0.05) is 20.8 Å². The van der Waals surface area contributed by atoms with Crippen LogP contribution in [0.3, 0.4) is 0 Å². The third kappa shape index (κ3) is 6.81. The number of guanidine groups is 1. The molecule has 1 N–H and O–H groups in total. The zero-order valence-corrected chi connectivity index (χ0v) is 20.9. The van der Waals surface area contributed by atoms with Crippen LogP contribution in [0.1, 0.15) is 37.9 Å². The van der Waals surface area contributed by atoms with Crippen LogP contribution in [0.2, 0.25) is 0 Å². The molecule has 6 nitrogen and oxygen atoms in total. The number of rotatable bonds is 5. The number of halogens is 1. The van der Waals surface area contributed by atoms with Crippen molar-refractivity contribution in [2.24, 2.45) is 10.9 Å². The van der Waals surface area contributed by atoms with Crippen molar-refractivity contribution in [3.05, 3.63) is 16.1 Å². The quantitative estimate of drug-likeness (QED) is 0.367. The van der Waals surface area contributed by atoms with Crippen LogP contribution in [-0.2, 0) is 16.6 Å². The Morgan fingerprint density at radius 1 is 1.32 bits per heavy atom. The summed E-state index contributed by atoms with van der Waals surface area (Å²) in [5.41, 5.74) is 1.32. The molecule has 2 aliphatic heterocycles. The second-order valence-electron chi connectivity index (χ2n) is 8.61. The van der Waals surface area contributed by atoms with Gasteiger partial charge in [-0.15, -0.1) is 35.3 Å². The van der Waals surface area contributed by atoms with E-state index in [4.69, 9.17) is 9.72 Å². The summed E-state index contributed by atoms with van der Waals surface area (Å²) in [6, 6.07) is 0. The molecule has 1 unspecified atom stereocenters. The number of hydrogen-bond acceptors (Lipinski definition) is 5. The average molecular weight is 522 g/mol. The van der Waals surface area contributed by atoms with Gasteiger partial charge in [0.05, 0.1) is 23.9 Å². The Bertz CT molecular complexity index is 624. The summed E-state index contributed by atoms with van der Waals surface area (Å²) in [6.45, 7) is 14.8. The minimum absolute atomic E-state index is 0. The van der Waals surface area contributed by atoms with Gasteiger partial charge in [-0.05, 0) is 12.3 Å². The van der Waals surface area contributed by atoms with Crippen molar-refractivity contribution in [3.63, 3.8) is 0 Å². The summed E-state index contributed by atoms with van der Waals surface area (Å²) < 4.78 is 5.46. The Hall–Kier alpha value is -0.450. The van der Waals surface area contributed by atoms with Gasteiger partial charge in [0.25, 0.3) is 0 Å². The second kappa shape index (κ2) is 11.1. The van der Waals surface area contributed by atoms with Gasteiger partial charge >= 0.3 is 0 Å². The van der Waals surface area contributed by atoms with E-state index in [2.05, 4.69) is 46.3 Å². The van der Waals surface area contributed by atoms with E-state index in [1.54, 1.807) is 11.3 Å². The van der Waals surface area contributed by atoms with E-state index in [1.807, 2.05) is 7.05 Å². The van der Waals surface area contributed by atoms with E-state index in [-0.39, 0.29) is 29.4 Å². The molecule has 8 heteroatoms. The maximum atomic E-state index is 5.46. The van der Waals surface area contributed by atoms with Crippen molar-refractivity contribution in [2.45, 2.75) is 39.0 Å². The first-order chi connectivity index (χ1) is 13.0. The van der Waals surface area contributed by atoms with Crippen LogP contribution in [0.25, 0.3) is 0 Å². The fourth-order valence-electron chi connectivity index (χ4n) is 3.71. The van der Waals surface area contributed by atoms with Gasteiger partial charge in [-0.2, -0.15) is 0 Å². The highest BCUT2D eigenvalue weighted by atomic mass is 127. The van der Waals surface area contributed by atoms with Crippen LogP contribution in [-0.4, -0.2) is 80.3 Å².